The van der Waals surface area contributed by atoms with Crippen LogP contribution in [0.2, 0.25) is 0 Å². The maximum absolute atomic E-state index is 12.2. The second kappa shape index (κ2) is 4.48. The summed E-state index contributed by atoms with van der Waals surface area (Å²) in [5.41, 5.74) is 0.124. The Kier molecular flexibility index (Phi) is 3.34. The predicted molar refractivity (Wildman–Crippen MR) is 66.8 cm³/mol. The van der Waals surface area contributed by atoms with Crippen LogP contribution in [-0.2, 0) is 0 Å². The van der Waals surface area contributed by atoms with Gasteiger partial charge in [0.05, 0.1) is 6.10 Å². The van der Waals surface area contributed by atoms with Crippen molar-refractivity contribution in [1.29, 1.82) is 0 Å². The van der Waals surface area contributed by atoms with E-state index in [-0.39, 0.29) is 23.6 Å². The molecule has 0 aromatic heterocycles. The number of hydrogen-bond donors (Lipinski definition) is 1. The van der Waals surface area contributed by atoms with Gasteiger partial charge in [0.2, 0.25) is 0 Å². The first-order valence-electron chi connectivity index (χ1n) is 6.69. The molecule has 2 aliphatic rings. The Morgan fingerprint density at radius 2 is 2.12 bits per heavy atom. The van der Waals surface area contributed by atoms with E-state index in [2.05, 4.69) is 13.8 Å². The van der Waals surface area contributed by atoms with Crippen LogP contribution in [0.3, 0.4) is 0 Å². The second-order valence-corrected chi connectivity index (χ2v) is 5.99. The summed E-state index contributed by atoms with van der Waals surface area (Å²) in [6, 6.07) is 0.343. The minimum Gasteiger partial charge on any atom is -0.393 e. The third-order valence-electron chi connectivity index (χ3n) is 4.40. The van der Waals surface area contributed by atoms with Gasteiger partial charge in [-0.1, -0.05) is 13.8 Å². The molecule has 17 heavy (non-hydrogen) atoms. The number of urea groups is 1. The van der Waals surface area contributed by atoms with Gasteiger partial charge in [-0.2, -0.15) is 0 Å². The summed E-state index contributed by atoms with van der Waals surface area (Å²) in [7, 11) is 0. The quantitative estimate of drug-likeness (QED) is 0.798. The minimum atomic E-state index is -0.239. The molecule has 1 aliphatic carbocycles. The normalized spacial score (nSPS) is 33.3. The van der Waals surface area contributed by atoms with Crippen LogP contribution in [0.5, 0.6) is 0 Å². The molecular weight excluding hydrogens is 216 g/mol. The van der Waals surface area contributed by atoms with Crippen LogP contribution < -0.4 is 0 Å². The lowest BCUT2D eigenvalue weighted by molar-refractivity contribution is 0.0103. The van der Waals surface area contributed by atoms with E-state index in [1.807, 2.05) is 16.7 Å². The van der Waals surface area contributed by atoms with E-state index in [0.29, 0.717) is 0 Å². The van der Waals surface area contributed by atoms with Crippen LogP contribution >= 0.6 is 0 Å². The van der Waals surface area contributed by atoms with Crippen molar-refractivity contribution in [3.63, 3.8) is 0 Å². The monoisotopic (exact) mass is 240 g/mol. The Morgan fingerprint density at radius 1 is 1.41 bits per heavy atom. The summed E-state index contributed by atoms with van der Waals surface area (Å²) in [6.45, 7) is 8.87. The third-order valence-corrected chi connectivity index (χ3v) is 4.40. The molecule has 4 nitrogen and oxygen atoms in total. The Hall–Kier alpha value is -0.770. The fourth-order valence-corrected chi connectivity index (χ4v) is 3.13. The van der Waals surface area contributed by atoms with Crippen molar-refractivity contribution in [2.45, 2.75) is 52.2 Å². The van der Waals surface area contributed by atoms with Gasteiger partial charge in [-0.05, 0) is 31.6 Å². The molecule has 2 unspecified atom stereocenters. The smallest absolute Gasteiger partial charge is 0.320 e. The number of hydrogen-bond acceptors (Lipinski definition) is 2. The molecule has 0 aromatic rings. The number of aliphatic hydroxyl groups is 1. The SMILES string of the molecule is CCN1CCN(C2CC(O)CCC2(C)C)C1=O. The van der Waals surface area contributed by atoms with Crippen molar-refractivity contribution in [2.24, 2.45) is 5.41 Å². The Balaban J connectivity index is 2.12. The highest BCUT2D eigenvalue weighted by molar-refractivity contribution is 5.77. The molecule has 0 spiro atoms. The van der Waals surface area contributed by atoms with Crippen LogP contribution in [0.4, 0.5) is 4.79 Å². The van der Waals surface area contributed by atoms with Gasteiger partial charge in [-0.3, -0.25) is 0 Å². The highest BCUT2D eigenvalue weighted by atomic mass is 16.3. The Labute approximate surface area is 104 Å². The van der Waals surface area contributed by atoms with Gasteiger partial charge in [0, 0.05) is 25.7 Å². The lowest BCUT2D eigenvalue weighted by Gasteiger charge is -2.45. The number of carbonyl (C=O) groups excluding carboxylic acids is 1. The van der Waals surface area contributed by atoms with Crippen molar-refractivity contribution in [2.75, 3.05) is 19.6 Å². The first-order chi connectivity index (χ1) is 7.95. The van der Waals surface area contributed by atoms with Gasteiger partial charge >= 0.3 is 6.03 Å². The van der Waals surface area contributed by atoms with Crippen molar-refractivity contribution < 1.29 is 9.90 Å². The Bertz CT molecular complexity index is 304. The number of carbonyl (C=O) groups is 1. The summed E-state index contributed by atoms with van der Waals surface area (Å²) in [4.78, 5) is 16.1. The van der Waals surface area contributed by atoms with E-state index in [0.717, 1.165) is 38.9 Å². The first-order valence-corrected chi connectivity index (χ1v) is 6.69. The summed E-state index contributed by atoms with van der Waals surface area (Å²) < 4.78 is 0. The maximum atomic E-state index is 12.2. The highest BCUT2D eigenvalue weighted by Gasteiger charge is 2.44. The molecule has 0 bridgehead atoms. The number of likely N-dealkylation sites (N-methyl/N-ethyl adjacent to an activating group) is 1. The molecule has 1 saturated carbocycles. The van der Waals surface area contributed by atoms with E-state index < -0.39 is 0 Å². The highest BCUT2D eigenvalue weighted by Crippen LogP contribution is 2.39. The van der Waals surface area contributed by atoms with Crippen molar-refractivity contribution in [3.8, 4) is 0 Å². The molecule has 0 aromatic carbocycles. The summed E-state index contributed by atoms with van der Waals surface area (Å²) in [5.74, 6) is 0. The van der Waals surface area contributed by atoms with E-state index in [9.17, 15) is 9.90 Å². The van der Waals surface area contributed by atoms with Crippen molar-refractivity contribution >= 4 is 6.03 Å². The van der Waals surface area contributed by atoms with Crippen molar-refractivity contribution in [1.82, 2.24) is 9.80 Å². The zero-order valence-electron chi connectivity index (χ0n) is 11.1. The molecule has 2 rings (SSSR count). The zero-order chi connectivity index (χ0) is 12.6. The molecule has 98 valence electrons. The van der Waals surface area contributed by atoms with Gasteiger partial charge in [-0.25, -0.2) is 4.79 Å². The van der Waals surface area contributed by atoms with Gasteiger partial charge < -0.3 is 14.9 Å². The minimum absolute atomic E-state index is 0.124. The van der Waals surface area contributed by atoms with Gasteiger partial charge in [-0.15, -0.1) is 0 Å². The molecule has 1 aliphatic heterocycles. The van der Waals surface area contributed by atoms with Crippen LogP contribution in [0.25, 0.3) is 0 Å². The van der Waals surface area contributed by atoms with Crippen LogP contribution in [0.15, 0.2) is 0 Å². The van der Waals surface area contributed by atoms with Crippen LogP contribution in [-0.4, -0.2) is 52.7 Å². The van der Waals surface area contributed by atoms with E-state index in [1.54, 1.807) is 0 Å². The molecule has 1 heterocycles. The Morgan fingerprint density at radius 3 is 2.71 bits per heavy atom. The van der Waals surface area contributed by atoms with Gasteiger partial charge in [0.15, 0.2) is 0 Å². The van der Waals surface area contributed by atoms with Gasteiger partial charge in [0.1, 0.15) is 0 Å². The molecule has 4 heteroatoms. The lowest BCUT2D eigenvalue weighted by Crippen LogP contribution is -2.51. The van der Waals surface area contributed by atoms with Gasteiger partial charge in [0.25, 0.3) is 0 Å². The average molecular weight is 240 g/mol. The summed E-state index contributed by atoms with van der Waals surface area (Å²) >= 11 is 0. The molecule has 1 N–H and O–H groups in total. The molecule has 1 saturated heterocycles. The van der Waals surface area contributed by atoms with E-state index >= 15 is 0 Å². The summed E-state index contributed by atoms with van der Waals surface area (Å²) in [5, 5.41) is 9.83. The third kappa shape index (κ3) is 2.28. The number of rotatable bonds is 2. The summed E-state index contributed by atoms with van der Waals surface area (Å²) in [6.07, 6.45) is 2.35. The molecule has 2 fully saturated rings. The van der Waals surface area contributed by atoms with E-state index in [4.69, 9.17) is 0 Å². The molecule has 2 atom stereocenters. The van der Waals surface area contributed by atoms with Crippen molar-refractivity contribution in [3.05, 3.63) is 0 Å². The fourth-order valence-electron chi connectivity index (χ4n) is 3.13. The molecule has 2 amide bonds. The van der Waals surface area contributed by atoms with E-state index in [1.165, 1.54) is 0 Å². The second-order valence-electron chi connectivity index (χ2n) is 5.99. The van der Waals surface area contributed by atoms with Crippen LogP contribution in [0, 0.1) is 5.41 Å². The molecule has 0 radical (unpaired) electrons. The predicted octanol–water partition coefficient (Wildman–Crippen LogP) is 1.68. The molecular formula is C13H24N2O2. The number of nitrogens with zero attached hydrogens (tertiary/aromatic N) is 2. The number of amides is 2. The number of aliphatic hydroxyl groups excluding tert-OH is 1. The topological polar surface area (TPSA) is 43.8 Å². The standard InChI is InChI=1S/C13H24N2O2/c1-4-14-7-8-15(12(14)17)11-9-10(16)5-6-13(11,2)3/h10-11,16H,4-9H2,1-3H3. The first kappa shape index (κ1) is 12.7. The average Bonchev–Trinajstić information content (AvgIpc) is 2.63. The maximum Gasteiger partial charge on any atom is 0.320 e. The largest absolute Gasteiger partial charge is 0.393 e. The zero-order valence-corrected chi connectivity index (χ0v) is 11.1. The fraction of sp³-hybridized carbons (Fsp3) is 0.923. The van der Waals surface area contributed by atoms with Crippen LogP contribution in [0.1, 0.15) is 40.0 Å². The lowest BCUT2D eigenvalue weighted by atomic mass is 9.71.